The van der Waals surface area contributed by atoms with E-state index >= 15 is 0 Å². The van der Waals surface area contributed by atoms with E-state index in [1.54, 1.807) is 50.2 Å². The molecule has 0 heterocycles. The number of hydrogen-bond donors (Lipinski definition) is 4. The Balaban J connectivity index is 0.000000384. The van der Waals surface area contributed by atoms with Gasteiger partial charge in [-0.1, -0.05) is 50.2 Å². The molecule has 0 saturated carbocycles. The fourth-order valence-corrected chi connectivity index (χ4v) is 2.24. The second-order valence-electron chi connectivity index (χ2n) is 6.06. The number of rotatable bonds is 4. The van der Waals surface area contributed by atoms with Crippen LogP contribution in [-0.4, -0.2) is 49.4 Å². The van der Waals surface area contributed by atoms with Crippen LogP contribution in [0.5, 0.6) is 0 Å². The maximum Gasteiger partial charge on any atom is 0.294 e. The van der Waals surface area contributed by atoms with E-state index in [0.717, 1.165) is 0 Å². The minimum Gasteiger partial charge on any atom is -0.396 e. The second-order valence-corrected chi connectivity index (χ2v) is 8.90. The molecule has 8 nitrogen and oxygen atoms in total. The lowest BCUT2D eigenvalue weighted by Gasteiger charge is -2.16. The van der Waals surface area contributed by atoms with E-state index in [-0.39, 0.29) is 28.4 Å². The molecule has 2 rings (SSSR count). The van der Waals surface area contributed by atoms with Crippen molar-refractivity contribution in [1.29, 1.82) is 0 Å². The van der Waals surface area contributed by atoms with Gasteiger partial charge in [0.15, 0.2) is 0 Å². The Bertz CT molecular complexity index is 788. The van der Waals surface area contributed by atoms with E-state index in [0.29, 0.717) is 0 Å². The Morgan fingerprint density at radius 1 is 0.667 bits per heavy atom. The van der Waals surface area contributed by atoms with Gasteiger partial charge in [0.1, 0.15) is 0 Å². The van der Waals surface area contributed by atoms with Crippen LogP contribution in [0.4, 0.5) is 0 Å². The van der Waals surface area contributed by atoms with Gasteiger partial charge in [-0.2, -0.15) is 16.8 Å². The summed E-state index contributed by atoms with van der Waals surface area (Å²) in [5.41, 5.74) is -0.306. The van der Waals surface area contributed by atoms with Crippen molar-refractivity contribution in [3.63, 3.8) is 0 Å². The summed E-state index contributed by atoms with van der Waals surface area (Å²) in [7, 11) is -8.01. The summed E-state index contributed by atoms with van der Waals surface area (Å²) < 4.78 is 58.5. The molecule has 152 valence electrons. The molecule has 0 saturated heterocycles. The average Bonchev–Trinajstić information content (AvgIpc) is 2.63. The van der Waals surface area contributed by atoms with Gasteiger partial charge in [0.25, 0.3) is 20.2 Å². The van der Waals surface area contributed by atoms with E-state index in [4.69, 9.17) is 19.3 Å². The largest absolute Gasteiger partial charge is 0.396 e. The zero-order valence-corrected chi connectivity index (χ0v) is 16.6. The summed E-state index contributed by atoms with van der Waals surface area (Å²) in [4.78, 5) is -0.148. The molecule has 0 bridgehead atoms. The zero-order chi connectivity index (χ0) is 21.1. The molecule has 0 atom stereocenters. The molecular formula is C17H24O8S2. The van der Waals surface area contributed by atoms with Gasteiger partial charge in [-0.05, 0) is 24.3 Å². The average molecular weight is 421 g/mol. The highest BCUT2D eigenvalue weighted by Crippen LogP contribution is 2.10. The molecule has 2 aromatic carbocycles. The lowest BCUT2D eigenvalue weighted by Crippen LogP contribution is -2.20. The fraction of sp³-hybridized carbons (Fsp3) is 0.294. The van der Waals surface area contributed by atoms with Crippen LogP contribution in [0.3, 0.4) is 0 Å². The molecule has 0 aliphatic carbocycles. The topological polar surface area (TPSA) is 149 Å². The molecule has 0 aromatic heterocycles. The summed E-state index contributed by atoms with van der Waals surface area (Å²) in [5.74, 6) is 0. The Labute approximate surface area is 159 Å². The lowest BCUT2D eigenvalue weighted by molar-refractivity contribution is 0.0857. The first-order valence-electron chi connectivity index (χ1n) is 7.60. The third kappa shape index (κ3) is 11.5. The van der Waals surface area contributed by atoms with Gasteiger partial charge in [0.05, 0.1) is 23.0 Å². The van der Waals surface area contributed by atoms with Crippen molar-refractivity contribution >= 4 is 20.2 Å². The first kappa shape index (κ1) is 25.2. The predicted octanol–water partition coefficient (Wildman–Crippen LogP) is 1.86. The molecule has 27 heavy (non-hydrogen) atoms. The van der Waals surface area contributed by atoms with Gasteiger partial charge in [-0.25, -0.2) is 0 Å². The third-order valence-corrected chi connectivity index (χ3v) is 4.67. The Morgan fingerprint density at radius 2 is 0.926 bits per heavy atom. The van der Waals surface area contributed by atoms with Crippen LogP contribution in [0.15, 0.2) is 70.5 Å². The molecule has 0 aliphatic rings. The van der Waals surface area contributed by atoms with E-state index in [1.165, 1.54) is 24.3 Å². The van der Waals surface area contributed by atoms with Crippen LogP contribution in [-0.2, 0) is 20.2 Å². The molecule has 0 amide bonds. The van der Waals surface area contributed by atoms with E-state index in [1.807, 2.05) is 0 Å². The number of aliphatic hydroxyl groups excluding tert-OH is 2. The summed E-state index contributed by atoms with van der Waals surface area (Å²) in [6.07, 6.45) is 0. The highest BCUT2D eigenvalue weighted by molar-refractivity contribution is 7.86. The minimum atomic E-state index is -4.00. The third-order valence-electron chi connectivity index (χ3n) is 2.94. The van der Waals surface area contributed by atoms with Gasteiger partial charge >= 0.3 is 0 Å². The van der Waals surface area contributed by atoms with E-state index in [9.17, 15) is 16.8 Å². The zero-order valence-electron chi connectivity index (χ0n) is 14.9. The maximum absolute atomic E-state index is 10.4. The van der Waals surface area contributed by atoms with Gasteiger partial charge in [-0.3, -0.25) is 9.11 Å². The SMILES string of the molecule is CC(C)(CO)CO.O=S(=O)(O)c1ccccc1.O=S(=O)(O)c1ccccc1. The predicted molar refractivity (Wildman–Crippen MR) is 100 cm³/mol. The fourth-order valence-electron chi connectivity index (χ4n) is 1.23. The van der Waals surface area contributed by atoms with Crippen LogP contribution in [0.25, 0.3) is 0 Å². The molecule has 0 radical (unpaired) electrons. The molecule has 10 heteroatoms. The van der Waals surface area contributed by atoms with Gasteiger partial charge in [0, 0.05) is 5.41 Å². The van der Waals surface area contributed by atoms with Crippen LogP contribution >= 0.6 is 0 Å². The number of aliphatic hydroxyl groups is 2. The Hall–Kier alpha value is -1.82. The normalized spacial score (nSPS) is 11.5. The Morgan fingerprint density at radius 3 is 1.04 bits per heavy atom. The van der Waals surface area contributed by atoms with Gasteiger partial charge in [-0.15, -0.1) is 0 Å². The van der Waals surface area contributed by atoms with Crippen LogP contribution in [0, 0.1) is 5.41 Å². The molecule has 4 N–H and O–H groups in total. The summed E-state index contributed by atoms with van der Waals surface area (Å²) in [5, 5.41) is 16.9. The van der Waals surface area contributed by atoms with Gasteiger partial charge < -0.3 is 10.2 Å². The van der Waals surface area contributed by atoms with Crippen molar-refractivity contribution in [1.82, 2.24) is 0 Å². The number of benzene rings is 2. The van der Waals surface area contributed by atoms with Gasteiger partial charge in [0.2, 0.25) is 0 Å². The molecule has 2 aromatic rings. The van der Waals surface area contributed by atoms with Crippen molar-refractivity contribution in [3.05, 3.63) is 60.7 Å². The van der Waals surface area contributed by atoms with Crippen molar-refractivity contribution in [3.8, 4) is 0 Å². The van der Waals surface area contributed by atoms with Crippen molar-refractivity contribution in [2.24, 2.45) is 5.41 Å². The molecule has 0 fully saturated rings. The van der Waals surface area contributed by atoms with Crippen LogP contribution in [0.2, 0.25) is 0 Å². The van der Waals surface area contributed by atoms with Crippen LogP contribution in [0.1, 0.15) is 13.8 Å². The standard InChI is InChI=1S/2C6H6O3S.C5H12O2/c2*7-10(8,9)6-4-2-1-3-5-6;1-5(2,3-6)4-7/h2*1-5H,(H,7,8,9);6-7H,3-4H2,1-2H3. The maximum atomic E-state index is 10.4. The monoisotopic (exact) mass is 420 g/mol. The number of hydrogen-bond acceptors (Lipinski definition) is 6. The second kappa shape index (κ2) is 11.1. The minimum absolute atomic E-state index is 0.0451. The van der Waals surface area contributed by atoms with Crippen LogP contribution < -0.4 is 0 Å². The first-order chi connectivity index (χ1) is 12.3. The van der Waals surface area contributed by atoms with E-state index < -0.39 is 20.2 Å². The summed E-state index contributed by atoms with van der Waals surface area (Å²) >= 11 is 0. The highest BCUT2D eigenvalue weighted by Gasteiger charge is 2.13. The van der Waals surface area contributed by atoms with Crippen molar-refractivity contribution in [2.45, 2.75) is 23.6 Å². The molecule has 0 spiro atoms. The van der Waals surface area contributed by atoms with E-state index in [2.05, 4.69) is 0 Å². The summed E-state index contributed by atoms with van der Waals surface area (Å²) in [6.45, 7) is 3.69. The first-order valence-corrected chi connectivity index (χ1v) is 10.5. The Kier molecular flexibility index (Phi) is 10.4. The quantitative estimate of drug-likeness (QED) is 0.548. The smallest absolute Gasteiger partial charge is 0.294 e. The molecular weight excluding hydrogens is 396 g/mol. The highest BCUT2D eigenvalue weighted by atomic mass is 32.2. The van der Waals surface area contributed by atoms with Crippen molar-refractivity contribution in [2.75, 3.05) is 13.2 Å². The summed E-state index contributed by atoms with van der Waals surface area (Å²) in [6, 6.07) is 14.8. The lowest BCUT2D eigenvalue weighted by atomic mass is 9.97. The van der Waals surface area contributed by atoms with Crippen molar-refractivity contribution < 1.29 is 36.2 Å². The molecule has 0 unspecified atom stereocenters. The molecule has 0 aliphatic heterocycles.